The van der Waals surface area contributed by atoms with Crippen LogP contribution in [0.4, 0.5) is 5.13 Å². The van der Waals surface area contributed by atoms with Crippen molar-refractivity contribution in [2.45, 2.75) is 64.7 Å². The van der Waals surface area contributed by atoms with Crippen LogP contribution in [0.3, 0.4) is 0 Å². The predicted octanol–water partition coefficient (Wildman–Crippen LogP) is 5.76. The summed E-state index contributed by atoms with van der Waals surface area (Å²) in [5.74, 6) is 2.32. The minimum atomic E-state index is 0.0649. The zero-order valence-electron chi connectivity index (χ0n) is 19.2. The number of hydrogen-bond donors (Lipinski definition) is 1. The number of hydrogen-bond acceptors (Lipinski definition) is 5. The lowest BCUT2D eigenvalue weighted by molar-refractivity contribution is -0.116. The van der Waals surface area contributed by atoms with Gasteiger partial charge in [0.15, 0.2) is 5.13 Å². The van der Waals surface area contributed by atoms with Crippen LogP contribution in [-0.4, -0.2) is 23.7 Å². The third-order valence-corrected chi connectivity index (χ3v) is 9.08. The van der Waals surface area contributed by atoms with Gasteiger partial charge in [0, 0.05) is 22.9 Å². The van der Waals surface area contributed by atoms with Crippen LogP contribution >= 0.6 is 11.3 Å². The molecule has 2 aromatic rings. The highest BCUT2D eigenvalue weighted by Gasteiger charge is 2.57. The van der Waals surface area contributed by atoms with Crippen molar-refractivity contribution in [3.8, 4) is 0 Å². The Kier molecular flexibility index (Phi) is 5.82. The van der Waals surface area contributed by atoms with Gasteiger partial charge in [-0.15, -0.1) is 11.3 Å². The van der Waals surface area contributed by atoms with Gasteiger partial charge in [0.1, 0.15) is 7.11 Å². The fourth-order valence-electron chi connectivity index (χ4n) is 6.96. The van der Waals surface area contributed by atoms with Gasteiger partial charge in [0.05, 0.1) is 5.71 Å². The Morgan fingerprint density at radius 2 is 2.31 bits per heavy atom. The smallest absolute Gasteiger partial charge is 0.226 e. The number of nitrogens with one attached hydrogen (secondary N) is 1. The van der Waals surface area contributed by atoms with E-state index in [4.69, 9.17) is 4.84 Å². The molecule has 5 rings (SSSR count). The molecule has 0 saturated heterocycles. The monoisotopic (exact) mass is 450 g/mol. The average molecular weight is 451 g/mol. The number of carbonyl (C=O) groups is 1. The van der Waals surface area contributed by atoms with E-state index in [0.717, 1.165) is 30.6 Å². The SMILES string of the molecule is CON=C1C[C@@H](CCC(=O)Nc2ncc(C)s2)C2C3CCc4c[c]ccc4C3CC[C@]12C. The fraction of sp³-hybridized carbons (Fsp3) is 0.577. The molecule has 1 N–H and O–H groups in total. The Balaban J connectivity index is 1.37. The minimum absolute atomic E-state index is 0.0649. The van der Waals surface area contributed by atoms with Crippen molar-refractivity contribution in [3.05, 3.63) is 46.5 Å². The standard InChI is InChI=1S/C26H32N3O2S/c1-16-15-27-25(32-16)28-23(30)11-9-18-14-22(29-31-3)26(2)13-12-20-19-7-5-4-6-17(19)8-10-21(20)24(18)26/h5-7,15,18,20-21,24H,8-14H2,1-3H3,(H,27,28,30)/t18-,20?,21?,24?,26-/m1/s1. The predicted molar refractivity (Wildman–Crippen MR) is 128 cm³/mol. The second kappa shape index (κ2) is 8.62. The van der Waals surface area contributed by atoms with E-state index in [1.54, 1.807) is 13.3 Å². The maximum atomic E-state index is 12.7. The van der Waals surface area contributed by atoms with Gasteiger partial charge in [0.25, 0.3) is 0 Å². The number of nitrogens with zero attached hydrogens (tertiary/aromatic N) is 2. The summed E-state index contributed by atoms with van der Waals surface area (Å²) in [5.41, 5.74) is 4.30. The van der Waals surface area contributed by atoms with Crippen molar-refractivity contribution in [3.63, 3.8) is 0 Å². The van der Waals surface area contributed by atoms with Crippen LogP contribution in [0.1, 0.15) is 67.4 Å². The second-order valence-electron chi connectivity index (χ2n) is 9.96. The quantitative estimate of drug-likeness (QED) is 0.590. The van der Waals surface area contributed by atoms with Crippen LogP contribution in [0.5, 0.6) is 0 Å². The molecule has 3 aliphatic carbocycles. The number of oxime groups is 1. The summed E-state index contributed by atoms with van der Waals surface area (Å²) in [4.78, 5) is 23.3. The fourth-order valence-corrected chi connectivity index (χ4v) is 7.64. The van der Waals surface area contributed by atoms with Crippen molar-refractivity contribution in [2.75, 3.05) is 12.4 Å². The summed E-state index contributed by atoms with van der Waals surface area (Å²) >= 11 is 1.53. The van der Waals surface area contributed by atoms with E-state index in [1.165, 1.54) is 41.0 Å². The molecule has 5 nitrogen and oxygen atoms in total. The van der Waals surface area contributed by atoms with Gasteiger partial charge in [-0.25, -0.2) is 4.98 Å². The van der Waals surface area contributed by atoms with E-state index < -0.39 is 0 Å². The number of aromatic nitrogens is 1. The van der Waals surface area contributed by atoms with Gasteiger partial charge in [-0.2, -0.15) is 0 Å². The molecule has 169 valence electrons. The topological polar surface area (TPSA) is 63.6 Å². The molecule has 3 unspecified atom stereocenters. The number of thiazole rings is 1. The molecule has 1 amide bonds. The maximum Gasteiger partial charge on any atom is 0.226 e. The molecule has 5 atom stereocenters. The summed E-state index contributed by atoms with van der Waals surface area (Å²) < 4.78 is 0. The van der Waals surface area contributed by atoms with Crippen molar-refractivity contribution in [2.24, 2.45) is 28.3 Å². The van der Waals surface area contributed by atoms with Crippen molar-refractivity contribution in [1.29, 1.82) is 0 Å². The lowest BCUT2D eigenvalue weighted by Gasteiger charge is -2.50. The molecule has 1 heterocycles. The Labute approximate surface area is 194 Å². The molecule has 32 heavy (non-hydrogen) atoms. The van der Waals surface area contributed by atoms with E-state index >= 15 is 0 Å². The summed E-state index contributed by atoms with van der Waals surface area (Å²) in [6.07, 6.45) is 8.85. The highest BCUT2D eigenvalue weighted by atomic mass is 32.1. The van der Waals surface area contributed by atoms with Crippen molar-refractivity contribution in [1.82, 2.24) is 4.98 Å². The molecule has 2 saturated carbocycles. The first kappa shape index (κ1) is 21.6. The highest BCUT2D eigenvalue weighted by Crippen LogP contribution is 2.62. The first-order valence-electron chi connectivity index (χ1n) is 11.8. The molecular weight excluding hydrogens is 418 g/mol. The zero-order valence-corrected chi connectivity index (χ0v) is 20.0. The second-order valence-corrected chi connectivity index (χ2v) is 11.2. The zero-order chi connectivity index (χ0) is 22.3. The number of carbonyl (C=O) groups excluding carboxylic acids is 1. The van der Waals surface area contributed by atoms with Gasteiger partial charge >= 0.3 is 0 Å². The number of aryl methyl sites for hydroxylation is 2. The van der Waals surface area contributed by atoms with E-state index in [1.807, 2.05) is 6.92 Å². The molecule has 0 spiro atoms. The minimum Gasteiger partial charge on any atom is -0.399 e. The molecule has 1 aromatic carbocycles. The number of benzene rings is 1. The maximum absolute atomic E-state index is 12.7. The number of anilines is 1. The van der Waals surface area contributed by atoms with Crippen LogP contribution in [0.2, 0.25) is 0 Å². The van der Waals surface area contributed by atoms with Gasteiger partial charge in [-0.3, -0.25) is 4.79 Å². The van der Waals surface area contributed by atoms with Gasteiger partial charge in [-0.1, -0.05) is 30.3 Å². The summed E-state index contributed by atoms with van der Waals surface area (Å²) in [5, 5.41) is 8.19. The first-order chi connectivity index (χ1) is 15.5. The van der Waals surface area contributed by atoms with Crippen molar-refractivity contribution < 1.29 is 9.63 Å². The molecule has 0 aliphatic heterocycles. The van der Waals surface area contributed by atoms with Gasteiger partial charge in [-0.05, 0) is 86.3 Å². The molecule has 6 heteroatoms. The molecule has 1 radical (unpaired) electrons. The summed E-state index contributed by atoms with van der Waals surface area (Å²) in [6, 6.07) is 9.83. The van der Waals surface area contributed by atoms with Crippen LogP contribution in [-0.2, 0) is 16.1 Å². The Hall–Kier alpha value is -2.21. The third kappa shape index (κ3) is 3.76. The van der Waals surface area contributed by atoms with E-state index in [9.17, 15) is 4.79 Å². The van der Waals surface area contributed by atoms with Gasteiger partial charge in [0.2, 0.25) is 5.91 Å². The number of amides is 1. The molecule has 0 bridgehead atoms. The number of fused-ring (bicyclic) bond motifs is 5. The van der Waals surface area contributed by atoms with Crippen LogP contribution in [0.15, 0.2) is 29.6 Å². The van der Waals surface area contributed by atoms with E-state index in [0.29, 0.717) is 35.2 Å². The first-order valence-corrected chi connectivity index (χ1v) is 12.6. The molecule has 2 fully saturated rings. The van der Waals surface area contributed by atoms with Crippen LogP contribution in [0.25, 0.3) is 0 Å². The largest absolute Gasteiger partial charge is 0.399 e. The highest BCUT2D eigenvalue weighted by molar-refractivity contribution is 7.15. The Morgan fingerprint density at radius 3 is 3.09 bits per heavy atom. The number of rotatable bonds is 5. The van der Waals surface area contributed by atoms with Crippen LogP contribution < -0.4 is 5.32 Å². The lowest BCUT2D eigenvalue weighted by Crippen LogP contribution is -2.44. The molecule has 1 aromatic heterocycles. The average Bonchev–Trinajstić information content (AvgIpc) is 3.32. The Morgan fingerprint density at radius 1 is 1.44 bits per heavy atom. The van der Waals surface area contributed by atoms with Crippen LogP contribution in [0, 0.1) is 36.2 Å². The van der Waals surface area contributed by atoms with E-state index in [2.05, 4.69) is 46.6 Å². The molecule has 3 aliphatic rings. The molecular formula is C26H32N3O2S. The van der Waals surface area contributed by atoms with Crippen molar-refractivity contribution >= 4 is 28.1 Å². The lowest BCUT2D eigenvalue weighted by atomic mass is 9.54. The summed E-state index contributed by atoms with van der Waals surface area (Å²) in [6.45, 7) is 4.40. The third-order valence-electron chi connectivity index (χ3n) is 8.26. The normalized spacial score (nSPS) is 32.2. The van der Waals surface area contributed by atoms with E-state index in [-0.39, 0.29) is 11.3 Å². The summed E-state index contributed by atoms with van der Waals surface area (Å²) in [7, 11) is 1.65. The Bertz CT molecular complexity index is 1030. The van der Waals surface area contributed by atoms with Gasteiger partial charge < -0.3 is 10.2 Å².